The normalized spacial score (nSPS) is 17.9. The SMILES string of the molecule is C1=C\C=C/C=C\C=C/1.C=O.C=O.C=O.[Fe]. The largest absolute Gasteiger partial charge is 0.307 e. The molecule has 1 aliphatic carbocycles. The Balaban J connectivity index is -0.0000000755. The van der Waals surface area contributed by atoms with Gasteiger partial charge in [0.05, 0.1) is 0 Å². The number of hydrogen-bond donors (Lipinski definition) is 0. The van der Waals surface area contributed by atoms with Crippen LogP contribution in [0.15, 0.2) is 48.6 Å². The zero-order valence-corrected chi connectivity index (χ0v) is 9.42. The molecule has 15 heavy (non-hydrogen) atoms. The van der Waals surface area contributed by atoms with Crippen LogP contribution >= 0.6 is 0 Å². The van der Waals surface area contributed by atoms with E-state index in [1.165, 1.54) is 0 Å². The van der Waals surface area contributed by atoms with Crippen molar-refractivity contribution in [1.82, 2.24) is 0 Å². The first-order valence-electron chi connectivity index (χ1n) is 3.53. The quantitative estimate of drug-likeness (QED) is 0.614. The summed E-state index contributed by atoms with van der Waals surface area (Å²) in [5.74, 6) is 0. The molecule has 4 heteroatoms. The summed E-state index contributed by atoms with van der Waals surface area (Å²) in [4.78, 5) is 24.0. The minimum Gasteiger partial charge on any atom is -0.307 e. The van der Waals surface area contributed by atoms with E-state index in [1.54, 1.807) is 0 Å². The molecule has 0 aromatic heterocycles. The molecule has 0 heterocycles. The maximum atomic E-state index is 8.00. The van der Waals surface area contributed by atoms with Gasteiger partial charge in [0.1, 0.15) is 20.4 Å². The number of carbonyl (C=O) groups is 3. The van der Waals surface area contributed by atoms with E-state index in [4.69, 9.17) is 14.4 Å². The minimum absolute atomic E-state index is 0. The summed E-state index contributed by atoms with van der Waals surface area (Å²) in [6, 6.07) is 0. The van der Waals surface area contributed by atoms with Crippen LogP contribution in [0.5, 0.6) is 0 Å². The van der Waals surface area contributed by atoms with Gasteiger partial charge in [0.15, 0.2) is 0 Å². The van der Waals surface area contributed by atoms with E-state index in [2.05, 4.69) is 0 Å². The topological polar surface area (TPSA) is 51.2 Å². The van der Waals surface area contributed by atoms with Crippen LogP contribution in [0.3, 0.4) is 0 Å². The molecule has 0 aliphatic heterocycles. The third-order valence-corrected chi connectivity index (χ3v) is 0.889. The molecular formula is C11H14FeO3. The van der Waals surface area contributed by atoms with E-state index in [1.807, 2.05) is 69.0 Å². The average molecular weight is 250 g/mol. The number of allylic oxidation sites excluding steroid dienone is 8. The second kappa shape index (κ2) is 39.1. The van der Waals surface area contributed by atoms with Crippen molar-refractivity contribution < 1.29 is 31.5 Å². The Kier molecular flexibility index (Phi) is 61.0. The van der Waals surface area contributed by atoms with E-state index < -0.39 is 0 Å². The Morgan fingerprint density at radius 3 is 0.533 bits per heavy atom. The van der Waals surface area contributed by atoms with Gasteiger partial charge in [0, 0.05) is 17.1 Å². The van der Waals surface area contributed by atoms with Crippen molar-refractivity contribution in [3.05, 3.63) is 48.6 Å². The standard InChI is InChI=1S/C8H8.3CH2O.Fe/c1-2-4-6-8-7-5-3-1;3*1-2;/h1-8H;3*1H2;/b2-1-,3-1?,4-2?,5-3-,6-4-,7-5?,8-6?,8-7-;;;;. The fourth-order valence-electron chi connectivity index (χ4n) is 0.513. The van der Waals surface area contributed by atoms with Gasteiger partial charge in [-0.3, -0.25) is 0 Å². The molecule has 0 aromatic carbocycles. The maximum absolute atomic E-state index is 8.00. The smallest absolute Gasteiger partial charge is 0.106 e. The minimum atomic E-state index is 0. The molecule has 0 unspecified atom stereocenters. The Hall–Kier alpha value is -1.51. The molecule has 0 bridgehead atoms. The van der Waals surface area contributed by atoms with Gasteiger partial charge >= 0.3 is 0 Å². The van der Waals surface area contributed by atoms with Crippen molar-refractivity contribution in [3.8, 4) is 0 Å². The predicted octanol–water partition coefficient (Wildman–Crippen LogP) is 1.67. The first-order valence-corrected chi connectivity index (χ1v) is 3.53. The second-order valence-corrected chi connectivity index (χ2v) is 1.54. The van der Waals surface area contributed by atoms with Crippen LogP contribution in [0.1, 0.15) is 0 Å². The first kappa shape index (κ1) is 23.4. The fraction of sp³-hybridized carbons (Fsp3) is 0. The van der Waals surface area contributed by atoms with Crippen LogP contribution in [-0.2, 0) is 31.5 Å². The van der Waals surface area contributed by atoms with Crippen molar-refractivity contribution in [2.24, 2.45) is 0 Å². The molecule has 0 saturated heterocycles. The first-order chi connectivity index (χ1) is 7.00. The van der Waals surface area contributed by atoms with Crippen LogP contribution in [-0.4, -0.2) is 20.4 Å². The second-order valence-electron chi connectivity index (χ2n) is 1.54. The summed E-state index contributed by atoms with van der Waals surface area (Å²) >= 11 is 0. The van der Waals surface area contributed by atoms with Crippen LogP contribution < -0.4 is 0 Å². The molecule has 3 nitrogen and oxygen atoms in total. The van der Waals surface area contributed by atoms with E-state index in [0.29, 0.717) is 0 Å². The number of rotatable bonds is 0. The number of carbonyl (C=O) groups excluding carboxylic acids is 3. The van der Waals surface area contributed by atoms with Crippen LogP contribution in [0.2, 0.25) is 0 Å². The zero-order chi connectivity index (χ0) is 11.7. The maximum Gasteiger partial charge on any atom is 0.106 e. The van der Waals surface area contributed by atoms with Gasteiger partial charge in [-0.1, -0.05) is 48.6 Å². The van der Waals surface area contributed by atoms with Gasteiger partial charge in [-0.15, -0.1) is 0 Å². The van der Waals surface area contributed by atoms with Gasteiger partial charge in [-0.25, -0.2) is 0 Å². The fourth-order valence-corrected chi connectivity index (χ4v) is 0.513. The van der Waals surface area contributed by atoms with Crippen molar-refractivity contribution in [3.63, 3.8) is 0 Å². The van der Waals surface area contributed by atoms with Crippen molar-refractivity contribution in [2.45, 2.75) is 0 Å². The van der Waals surface area contributed by atoms with Gasteiger partial charge in [-0.2, -0.15) is 0 Å². The Morgan fingerprint density at radius 1 is 0.400 bits per heavy atom. The van der Waals surface area contributed by atoms with Gasteiger partial charge in [0.2, 0.25) is 0 Å². The monoisotopic (exact) mass is 250 g/mol. The van der Waals surface area contributed by atoms with Crippen molar-refractivity contribution in [1.29, 1.82) is 0 Å². The molecule has 0 fully saturated rings. The molecular weight excluding hydrogens is 236 g/mol. The molecule has 1 aliphatic rings. The van der Waals surface area contributed by atoms with Crippen molar-refractivity contribution in [2.75, 3.05) is 0 Å². The van der Waals surface area contributed by atoms with Gasteiger partial charge in [-0.05, 0) is 0 Å². The molecule has 1 rings (SSSR count). The van der Waals surface area contributed by atoms with Crippen LogP contribution in [0.4, 0.5) is 0 Å². The Bertz CT molecular complexity index is 147. The van der Waals surface area contributed by atoms with Gasteiger partial charge < -0.3 is 14.4 Å². The van der Waals surface area contributed by atoms with E-state index in [-0.39, 0.29) is 17.1 Å². The molecule has 84 valence electrons. The molecule has 0 spiro atoms. The van der Waals surface area contributed by atoms with E-state index in [9.17, 15) is 0 Å². The van der Waals surface area contributed by atoms with Crippen LogP contribution in [0, 0.1) is 0 Å². The summed E-state index contributed by atoms with van der Waals surface area (Å²) in [5.41, 5.74) is 0. The van der Waals surface area contributed by atoms with E-state index in [0.717, 1.165) is 0 Å². The summed E-state index contributed by atoms with van der Waals surface area (Å²) in [5, 5.41) is 0. The Morgan fingerprint density at radius 2 is 0.467 bits per heavy atom. The third kappa shape index (κ3) is 32.6. The van der Waals surface area contributed by atoms with Crippen molar-refractivity contribution >= 4 is 20.4 Å². The summed E-state index contributed by atoms with van der Waals surface area (Å²) < 4.78 is 0. The average Bonchev–Trinajstić information content (AvgIpc) is 2.26. The molecule has 0 aromatic rings. The third-order valence-electron chi connectivity index (χ3n) is 0.889. The van der Waals surface area contributed by atoms with Gasteiger partial charge in [0.25, 0.3) is 0 Å². The zero-order valence-electron chi connectivity index (χ0n) is 8.32. The molecule has 0 saturated carbocycles. The molecule has 0 atom stereocenters. The Labute approximate surface area is 101 Å². The summed E-state index contributed by atoms with van der Waals surface area (Å²) in [7, 11) is 0. The number of hydrogen-bond acceptors (Lipinski definition) is 3. The molecule has 0 N–H and O–H groups in total. The van der Waals surface area contributed by atoms with E-state index >= 15 is 0 Å². The molecule has 0 amide bonds. The van der Waals surface area contributed by atoms with Crippen LogP contribution in [0.25, 0.3) is 0 Å². The molecule has 0 radical (unpaired) electrons. The summed E-state index contributed by atoms with van der Waals surface area (Å²) in [6.07, 6.45) is 16.0. The predicted molar refractivity (Wildman–Crippen MR) is 57.9 cm³/mol. The summed E-state index contributed by atoms with van der Waals surface area (Å²) in [6.45, 7) is 6.00.